The first kappa shape index (κ1) is 17.3. The highest BCUT2D eigenvalue weighted by Crippen LogP contribution is 2.27. The quantitative estimate of drug-likeness (QED) is 0.428. The van der Waals surface area contributed by atoms with Crippen molar-refractivity contribution < 1.29 is 0 Å². The number of rotatable bonds is 7. The van der Waals surface area contributed by atoms with Crippen molar-refractivity contribution in [2.24, 2.45) is 10.9 Å². The van der Waals surface area contributed by atoms with Gasteiger partial charge in [-0.05, 0) is 39.3 Å². The first-order chi connectivity index (χ1) is 9.69. The van der Waals surface area contributed by atoms with Crippen LogP contribution in [0.5, 0.6) is 0 Å². The van der Waals surface area contributed by atoms with E-state index in [4.69, 9.17) is 0 Å². The number of nitrogens with one attached hydrogen (secondary N) is 2. The molecule has 0 saturated heterocycles. The predicted octanol–water partition coefficient (Wildman–Crippen LogP) is 2.46. The lowest BCUT2D eigenvalue weighted by molar-refractivity contribution is 0.171. The lowest BCUT2D eigenvalue weighted by atomic mass is 9.83. The van der Waals surface area contributed by atoms with E-state index >= 15 is 0 Å². The van der Waals surface area contributed by atoms with Gasteiger partial charge in [0.15, 0.2) is 5.96 Å². The summed E-state index contributed by atoms with van der Waals surface area (Å²) in [6, 6.07) is 0.611. The Bertz CT molecular complexity index is 270. The van der Waals surface area contributed by atoms with Crippen LogP contribution in [0.15, 0.2) is 4.99 Å². The van der Waals surface area contributed by atoms with Crippen LogP contribution in [0.25, 0.3) is 0 Å². The van der Waals surface area contributed by atoms with Crippen LogP contribution in [0, 0.1) is 5.92 Å². The molecule has 0 bridgehead atoms. The molecule has 1 aliphatic rings. The van der Waals surface area contributed by atoms with E-state index in [1.807, 2.05) is 7.05 Å². The smallest absolute Gasteiger partial charge is 0.191 e. The minimum atomic E-state index is 0.611. The maximum absolute atomic E-state index is 4.31. The summed E-state index contributed by atoms with van der Waals surface area (Å²) in [5.41, 5.74) is 0. The predicted molar refractivity (Wildman–Crippen MR) is 88.3 cm³/mol. The number of hydrogen-bond acceptors (Lipinski definition) is 2. The normalized spacial score (nSPS) is 19.1. The molecule has 118 valence electrons. The van der Waals surface area contributed by atoms with E-state index in [2.05, 4.69) is 41.5 Å². The molecule has 1 aliphatic carbocycles. The van der Waals surface area contributed by atoms with Crippen LogP contribution in [0.4, 0.5) is 0 Å². The van der Waals surface area contributed by atoms with Gasteiger partial charge in [0, 0.05) is 26.2 Å². The highest BCUT2D eigenvalue weighted by atomic mass is 15.2. The minimum Gasteiger partial charge on any atom is -0.356 e. The number of guanidine groups is 1. The summed E-state index contributed by atoms with van der Waals surface area (Å²) in [7, 11) is 6.26. The minimum absolute atomic E-state index is 0.611. The number of aliphatic imine (C=N–C) groups is 1. The van der Waals surface area contributed by atoms with E-state index in [1.54, 1.807) is 0 Å². The van der Waals surface area contributed by atoms with Crippen molar-refractivity contribution in [2.75, 3.05) is 34.2 Å². The molecule has 0 aromatic rings. The van der Waals surface area contributed by atoms with Crippen molar-refractivity contribution in [3.8, 4) is 0 Å². The van der Waals surface area contributed by atoms with Crippen molar-refractivity contribution >= 4 is 5.96 Å². The molecule has 1 unspecified atom stereocenters. The van der Waals surface area contributed by atoms with Gasteiger partial charge in [-0.2, -0.15) is 0 Å². The molecule has 4 nitrogen and oxygen atoms in total. The summed E-state index contributed by atoms with van der Waals surface area (Å²) in [5, 5.41) is 6.89. The monoisotopic (exact) mass is 282 g/mol. The molecule has 1 fully saturated rings. The summed E-state index contributed by atoms with van der Waals surface area (Å²) < 4.78 is 0. The van der Waals surface area contributed by atoms with Crippen molar-refractivity contribution in [2.45, 2.75) is 57.9 Å². The number of unbranched alkanes of at least 4 members (excludes halogenated alkanes) is 1. The fourth-order valence-corrected chi connectivity index (χ4v) is 3.10. The molecule has 0 heterocycles. The molecule has 0 radical (unpaired) electrons. The molecule has 0 aromatic carbocycles. The van der Waals surface area contributed by atoms with E-state index in [1.165, 1.54) is 44.9 Å². The van der Waals surface area contributed by atoms with Gasteiger partial charge in [0.05, 0.1) is 0 Å². The second-order valence-corrected chi connectivity index (χ2v) is 6.16. The zero-order valence-corrected chi connectivity index (χ0v) is 13.9. The Kier molecular flexibility index (Phi) is 8.67. The topological polar surface area (TPSA) is 39.7 Å². The van der Waals surface area contributed by atoms with E-state index in [0.717, 1.165) is 25.0 Å². The molecule has 2 N–H and O–H groups in total. The lowest BCUT2D eigenvalue weighted by Gasteiger charge is -2.35. The summed E-state index contributed by atoms with van der Waals surface area (Å²) in [5.74, 6) is 1.78. The Morgan fingerprint density at radius 2 is 1.90 bits per heavy atom. The van der Waals surface area contributed by atoms with Crippen molar-refractivity contribution in [1.82, 2.24) is 15.5 Å². The van der Waals surface area contributed by atoms with Crippen molar-refractivity contribution in [1.29, 1.82) is 0 Å². The zero-order valence-electron chi connectivity index (χ0n) is 13.9. The van der Waals surface area contributed by atoms with E-state index in [0.29, 0.717) is 6.04 Å². The standard InChI is InChI=1S/C16H34N4/c1-5-6-12-18-16(17-2)19-13-15(20(3)4)14-10-8-7-9-11-14/h14-15H,5-13H2,1-4H3,(H2,17,18,19). The molecule has 1 saturated carbocycles. The Balaban J connectivity index is 2.40. The van der Waals surface area contributed by atoms with Gasteiger partial charge < -0.3 is 15.5 Å². The lowest BCUT2D eigenvalue weighted by Crippen LogP contribution is -2.48. The molecule has 0 aromatic heterocycles. The molecular formula is C16H34N4. The van der Waals surface area contributed by atoms with Crippen LogP contribution < -0.4 is 10.6 Å². The molecule has 1 atom stereocenters. The van der Waals surface area contributed by atoms with Gasteiger partial charge in [-0.25, -0.2) is 0 Å². The molecular weight excluding hydrogens is 248 g/mol. The van der Waals surface area contributed by atoms with E-state index in [9.17, 15) is 0 Å². The van der Waals surface area contributed by atoms with Gasteiger partial charge >= 0.3 is 0 Å². The van der Waals surface area contributed by atoms with Gasteiger partial charge in [0.1, 0.15) is 0 Å². The second-order valence-electron chi connectivity index (χ2n) is 6.16. The maximum Gasteiger partial charge on any atom is 0.191 e. The van der Waals surface area contributed by atoms with Crippen molar-refractivity contribution in [3.63, 3.8) is 0 Å². The summed E-state index contributed by atoms with van der Waals surface area (Å²) >= 11 is 0. The van der Waals surface area contributed by atoms with Gasteiger partial charge in [-0.1, -0.05) is 32.6 Å². The molecule has 1 rings (SSSR count). The Morgan fingerprint density at radius 1 is 1.20 bits per heavy atom. The van der Waals surface area contributed by atoms with Gasteiger partial charge in [-0.15, -0.1) is 0 Å². The third-order valence-electron chi connectivity index (χ3n) is 4.38. The van der Waals surface area contributed by atoms with Gasteiger partial charge in [-0.3, -0.25) is 4.99 Å². The third-order valence-corrected chi connectivity index (χ3v) is 4.38. The fourth-order valence-electron chi connectivity index (χ4n) is 3.10. The second kappa shape index (κ2) is 10.0. The Hall–Kier alpha value is -0.770. The molecule has 0 aliphatic heterocycles. The third kappa shape index (κ3) is 6.12. The summed E-state index contributed by atoms with van der Waals surface area (Å²) in [6.45, 7) is 4.21. The zero-order chi connectivity index (χ0) is 14.8. The average molecular weight is 282 g/mol. The number of nitrogens with zero attached hydrogens (tertiary/aromatic N) is 2. The number of likely N-dealkylation sites (N-methyl/N-ethyl adjacent to an activating group) is 1. The molecule has 4 heteroatoms. The number of hydrogen-bond donors (Lipinski definition) is 2. The van der Waals surface area contributed by atoms with Gasteiger partial charge in [0.2, 0.25) is 0 Å². The molecule has 0 spiro atoms. The van der Waals surface area contributed by atoms with Crippen LogP contribution in [0.3, 0.4) is 0 Å². The highest BCUT2D eigenvalue weighted by molar-refractivity contribution is 5.79. The van der Waals surface area contributed by atoms with Crippen LogP contribution in [0.2, 0.25) is 0 Å². The van der Waals surface area contributed by atoms with Crippen LogP contribution >= 0.6 is 0 Å². The largest absolute Gasteiger partial charge is 0.356 e. The van der Waals surface area contributed by atoms with Crippen LogP contribution in [0.1, 0.15) is 51.9 Å². The molecule has 0 amide bonds. The van der Waals surface area contributed by atoms with Gasteiger partial charge in [0.25, 0.3) is 0 Å². The fraction of sp³-hybridized carbons (Fsp3) is 0.938. The Morgan fingerprint density at radius 3 is 2.45 bits per heavy atom. The summed E-state index contributed by atoms with van der Waals surface area (Å²) in [4.78, 5) is 6.69. The SMILES string of the molecule is CCCCNC(=NC)NCC(C1CCCCC1)N(C)C. The van der Waals surface area contributed by atoms with E-state index < -0.39 is 0 Å². The van der Waals surface area contributed by atoms with Crippen LogP contribution in [-0.2, 0) is 0 Å². The average Bonchev–Trinajstić information content (AvgIpc) is 2.46. The first-order valence-corrected chi connectivity index (χ1v) is 8.30. The summed E-state index contributed by atoms with van der Waals surface area (Å²) in [6.07, 6.45) is 9.40. The van der Waals surface area contributed by atoms with Crippen molar-refractivity contribution in [3.05, 3.63) is 0 Å². The highest BCUT2D eigenvalue weighted by Gasteiger charge is 2.25. The molecule has 20 heavy (non-hydrogen) atoms. The first-order valence-electron chi connectivity index (χ1n) is 8.30. The van der Waals surface area contributed by atoms with Crippen LogP contribution in [-0.4, -0.2) is 51.1 Å². The maximum atomic E-state index is 4.31. The Labute approximate surface area is 125 Å². The van der Waals surface area contributed by atoms with E-state index in [-0.39, 0.29) is 0 Å².